The standard InChI is InChI=1S/C15H14ClNO2S.C2H6O4S/c16-12-4-2-1-3-11(12)14(15(18)19)17-7-5-13-10(9-17)6-8-20-13;1-2-6-7(3,4)5/h1-4,6,8,14H,5,7,9H2,(H,18,19);2H2,1H3,(H,3,4,5)/t14-;/m0./s1. The maximum atomic E-state index is 11.7. The largest absolute Gasteiger partial charge is 0.480 e. The van der Waals surface area contributed by atoms with Crippen molar-refractivity contribution < 1.29 is 27.1 Å². The lowest BCUT2D eigenvalue weighted by Crippen LogP contribution is -2.37. The first-order valence-corrected chi connectivity index (χ1v) is 10.7. The Labute approximate surface area is 167 Å². The highest BCUT2D eigenvalue weighted by Gasteiger charge is 2.31. The summed E-state index contributed by atoms with van der Waals surface area (Å²) in [6, 6.07) is 8.58. The van der Waals surface area contributed by atoms with Gasteiger partial charge in [0, 0.05) is 23.0 Å². The van der Waals surface area contributed by atoms with Crippen LogP contribution in [-0.4, -0.2) is 42.1 Å². The summed E-state index contributed by atoms with van der Waals surface area (Å²) in [7, 11) is -4.17. The summed E-state index contributed by atoms with van der Waals surface area (Å²) >= 11 is 7.92. The Bertz CT molecular complexity index is 883. The van der Waals surface area contributed by atoms with E-state index in [1.54, 1.807) is 23.5 Å². The number of carboxylic acid groups (broad SMARTS) is 1. The number of carbonyl (C=O) groups is 1. The van der Waals surface area contributed by atoms with Crippen molar-refractivity contribution in [2.24, 2.45) is 0 Å². The Hall–Kier alpha value is -1.49. The van der Waals surface area contributed by atoms with Crippen LogP contribution in [0.5, 0.6) is 0 Å². The molecule has 1 aromatic heterocycles. The molecule has 2 N–H and O–H groups in total. The number of benzene rings is 1. The van der Waals surface area contributed by atoms with E-state index in [9.17, 15) is 18.3 Å². The third kappa shape index (κ3) is 6.27. The Morgan fingerprint density at radius 3 is 2.63 bits per heavy atom. The van der Waals surface area contributed by atoms with Crippen LogP contribution in [0.25, 0.3) is 0 Å². The summed E-state index contributed by atoms with van der Waals surface area (Å²) in [5.74, 6) is -0.850. The maximum Gasteiger partial charge on any atom is 0.397 e. The van der Waals surface area contributed by atoms with Crippen LogP contribution < -0.4 is 0 Å². The van der Waals surface area contributed by atoms with Crippen LogP contribution in [0, 0.1) is 0 Å². The minimum Gasteiger partial charge on any atom is -0.480 e. The normalized spacial score (nSPS) is 15.4. The summed E-state index contributed by atoms with van der Waals surface area (Å²) in [5.41, 5.74) is 1.90. The molecule has 2 heterocycles. The van der Waals surface area contributed by atoms with Crippen molar-refractivity contribution in [1.82, 2.24) is 4.90 Å². The van der Waals surface area contributed by atoms with Crippen LogP contribution in [0.2, 0.25) is 5.02 Å². The zero-order valence-electron chi connectivity index (χ0n) is 14.5. The van der Waals surface area contributed by atoms with Gasteiger partial charge in [-0.15, -0.1) is 11.3 Å². The van der Waals surface area contributed by atoms with E-state index in [-0.39, 0.29) is 6.61 Å². The molecule has 1 aliphatic heterocycles. The number of hydrogen-bond acceptors (Lipinski definition) is 6. The molecule has 0 amide bonds. The van der Waals surface area contributed by atoms with Crippen molar-refractivity contribution >= 4 is 39.3 Å². The molecule has 1 aromatic carbocycles. The third-order valence-electron chi connectivity index (χ3n) is 3.90. The molecule has 0 radical (unpaired) electrons. The summed E-state index contributed by atoms with van der Waals surface area (Å²) in [5, 5.41) is 12.2. The molecule has 0 bridgehead atoms. The molecule has 0 saturated carbocycles. The van der Waals surface area contributed by atoms with Gasteiger partial charge in [-0.1, -0.05) is 29.8 Å². The molecule has 27 heavy (non-hydrogen) atoms. The molecule has 0 fully saturated rings. The third-order valence-corrected chi connectivity index (χ3v) is 5.80. The molecule has 1 aliphatic rings. The number of nitrogens with zero attached hydrogens (tertiary/aromatic N) is 1. The topological polar surface area (TPSA) is 104 Å². The molecule has 0 unspecified atom stereocenters. The van der Waals surface area contributed by atoms with E-state index < -0.39 is 22.4 Å². The summed E-state index contributed by atoms with van der Waals surface area (Å²) in [4.78, 5) is 15.1. The minimum absolute atomic E-state index is 0.0289. The monoisotopic (exact) mass is 433 g/mol. The number of halogens is 1. The average Bonchev–Trinajstić information content (AvgIpc) is 3.04. The minimum atomic E-state index is -4.17. The fourth-order valence-electron chi connectivity index (χ4n) is 2.82. The highest BCUT2D eigenvalue weighted by atomic mass is 35.5. The van der Waals surface area contributed by atoms with Gasteiger partial charge in [-0.2, -0.15) is 8.42 Å². The quantitative estimate of drug-likeness (QED) is 0.696. The molecule has 7 nitrogen and oxygen atoms in total. The fourth-order valence-corrected chi connectivity index (χ4v) is 4.25. The molecule has 1 atom stereocenters. The van der Waals surface area contributed by atoms with Gasteiger partial charge in [-0.3, -0.25) is 14.2 Å². The second kappa shape index (κ2) is 9.63. The molecule has 3 rings (SSSR count). The number of rotatable bonds is 5. The van der Waals surface area contributed by atoms with E-state index in [4.69, 9.17) is 16.2 Å². The lowest BCUT2D eigenvalue weighted by Gasteiger charge is -2.32. The highest BCUT2D eigenvalue weighted by molar-refractivity contribution is 7.80. The van der Waals surface area contributed by atoms with Crippen LogP contribution in [0.3, 0.4) is 0 Å². The molecular formula is C17H20ClNO6S2. The highest BCUT2D eigenvalue weighted by Crippen LogP contribution is 2.33. The van der Waals surface area contributed by atoms with Gasteiger partial charge in [0.1, 0.15) is 6.04 Å². The lowest BCUT2D eigenvalue weighted by atomic mass is 10.0. The second-order valence-corrected chi connectivity index (χ2v) is 8.19. The first kappa shape index (κ1) is 21.8. The number of hydrogen-bond donors (Lipinski definition) is 2. The number of carboxylic acids is 1. The van der Waals surface area contributed by atoms with Crippen molar-refractivity contribution in [1.29, 1.82) is 0 Å². The maximum absolute atomic E-state index is 11.7. The molecule has 2 aromatic rings. The SMILES string of the molecule is CCOS(=O)(=O)O.O=C(O)[C@H](c1ccccc1Cl)N1CCc2sccc2C1. The molecule has 0 saturated heterocycles. The van der Waals surface area contributed by atoms with Crippen molar-refractivity contribution in [3.63, 3.8) is 0 Å². The van der Waals surface area contributed by atoms with Crippen LogP contribution in [-0.2, 0) is 32.3 Å². The zero-order chi connectivity index (χ0) is 20.0. The first-order valence-electron chi connectivity index (χ1n) is 8.11. The summed E-state index contributed by atoms with van der Waals surface area (Å²) in [6.45, 7) is 2.85. The predicted octanol–water partition coefficient (Wildman–Crippen LogP) is 3.41. The van der Waals surface area contributed by atoms with E-state index in [1.165, 1.54) is 17.4 Å². The Morgan fingerprint density at radius 2 is 2.07 bits per heavy atom. The van der Waals surface area contributed by atoms with Gasteiger partial charge < -0.3 is 5.11 Å². The van der Waals surface area contributed by atoms with E-state index in [2.05, 4.69) is 15.6 Å². The van der Waals surface area contributed by atoms with E-state index >= 15 is 0 Å². The van der Waals surface area contributed by atoms with Crippen molar-refractivity contribution in [2.45, 2.75) is 25.9 Å². The van der Waals surface area contributed by atoms with Gasteiger partial charge in [-0.05, 0) is 42.0 Å². The zero-order valence-corrected chi connectivity index (χ0v) is 16.9. The van der Waals surface area contributed by atoms with Gasteiger partial charge in [0.05, 0.1) is 6.61 Å². The van der Waals surface area contributed by atoms with E-state index in [0.717, 1.165) is 13.0 Å². The van der Waals surface area contributed by atoms with Crippen LogP contribution in [0.4, 0.5) is 0 Å². The Balaban J connectivity index is 0.000000321. The van der Waals surface area contributed by atoms with Gasteiger partial charge in [0.15, 0.2) is 0 Å². The molecule has 148 valence electrons. The second-order valence-electron chi connectivity index (χ2n) is 5.69. The molecule has 0 aliphatic carbocycles. The Morgan fingerprint density at radius 1 is 1.37 bits per heavy atom. The predicted molar refractivity (Wildman–Crippen MR) is 103 cm³/mol. The number of thiophene rings is 1. The lowest BCUT2D eigenvalue weighted by molar-refractivity contribution is -0.144. The van der Waals surface area contributed by atoms with Gasteiger partial charge >= 0.3 is 16.4 Å². The number of fused-ring (bicyclic) bond motifs is 1. The van der Waals surface area contributed by atoms with Gasteiger partial charge in [0.2, 0.25) is 0 Å². The average molecular weight is 434 g/mol. The van der Waals surface area contributed by atoms with Crippen molar-refractivity contribution in [3.8, 4) is 0 Å². The summed E-state index contributed by atoms with van der Waals surface area (Å²) in [6.07, 6.45) is 0.904. The van der Waals surface area contributed by atoms with Crippen LogP contribution in [0.1, 0.15) is 29.0 Å². The van der Waals surface area contributed by atoms with E-state index in [0.29, 0.717) is 17.1 Å². The number of aliphatic carboxylic acids is 1. The smallest absolute Gasteiger partial charge is 0.397 e. The van der Waals surface area contributed by atoms with Crippen LogP contribution >= 0.6 is 22.9 Å². The van der Waals surface area contributed by atoms with Crippen molar-refractivity contribution in [2.75, 3.05) is 13.2 Å². The molecule has 10 heteroatoms. The van der Waals surface area contributed by atoms with Gasteiger partial charge in [-0.25, -0.2) is 4.18 Å². The summed E-state index contributed by atoms with van der Waals surface area (Å²) < 4.78 is 30.7. The fraction of sp³-hybridized carbons (Fsp3) is 0.353. The first-order chi connectivity index (χ1) is 12.7. The van der Waals surface area contributed by atoms with E-state index in [1.807, 2.05) is 17.0 Å². The van der Waals surface area contributed by atoms with Crippen LogP contribution in [0.15, 0.2) is 35.7 Å². The van der Waals surface area contributed by atoms with Crippen molar-refractivity contribution in [3.05, 3.63) is 56.7 Å². The molecular weight excluding hydrogens is 414 g/mol. The Kier molecular flexibility index (Phi) is 7.78. The molecule has 0 spiro atoms. The van der Waals surface area contributed by atoms with Gasteiger partial charge in [0.25, 0.3) is 0 Å².